The van der Waals surface area contributed by atoms with Gasteiger partial charge in [-0.25, -0.2) is 4.79 Å². The quantitative estimate of drug-likeness (QED) is 0.811. The lowest BCUT2D eigenvalue weighted by molar-refractivity contribution is -0.137. The Morgan fingerprint density at radius 1 is 1.15 bits per heavy atom. The van der Waals surface area contributed by atoms with Crippen LogP contribution in [-0.2, 0) is 11.0 Å². The van der Waals surface area contributed by atoms with Crippen molar-refractivity contribution in [1.82, 2.24) is 5.32 Å². The fourth-order valence-electron chi connectivity index (χ4n) is 2.80. The number of hydrogen-bond donors (Lipinski definition) is 2. The summed E-state index contributed by atoms with van der Waals surface area (Å²) in [5, 5.41) is 5.51. The number of hydrogen-bond acceptors (Lipinski definition) is 2. The topological polar surface area (TPSA) is 61.4 Å². The van der Waals surface area contributed by atoms with Crippen LogP contribution in [0.25, 0.3) is 0 Å². The van der Waals surface area contributed by atoms with Crippen molar-refractivity contribution in [2.24, 2.45) is 0 Å². The van der Waals surface area contributed by atoms with Crippen LogP contribution in [0, 0.1) is 0 Å². The van der Waals surface area contributed by atoms with E-state index in [2.05, 4.69) is 10.6 Å². The van der Waals surface area contributed by atoms with Crippen molar-refractivity contribution in [1.29, 1.82) is 0 Å². The third-order valence-corrected chi connectivity index (χ3v) is 4.30. The fraction of sp³-hybridized carbons (Fsp3) is 0.222. The smallest absolute Gasteiger partial charge is 0.333 e. The highest BCUT2D eigenvalue weighted by molar-refractivity contribution is 6.30. The Morgan fingerprint density at radius 2 is 1.85 bits per heavy atom. The average molecular weight is 398 g/mol. The lowest BCUT2D eigenvalue weighted by Gasteiger charge is -2.17. The van der Waals surface area contributed by atoms with Crippen LogP contribution < -0.4 is 15.5 Å². The molecule has 2 aromatic carbocycles. The third-order valence-electron chi connectivity index (χ3n) is 4.05. The zero-order valence-electron chi connectivity index (χ0n) is 13.9. The van der Waals surface area contributed by atoms with Crippen molar-refractivity contribution < 1.29 is 22.8 Å². The van der Waals surface area contributed by atoms with Crippen molar-refractivity contribution in [2.75, 3.05) is 16.8 Å². The first-order valence-corrected chi connectivity index (χ1v) is 8.41. The summed E-state index contributed by atoms with van der Waals surface area (Å²) >= 11 is 5.83. The van der Waals surface area contributed by atoms with E-state index in [-0.39, 0.29) is 24.6 Å². The second-order valence-electron chi connectivity index (χ2n) is 6.06. The van der Waals surface area contributed by atoms with Gasteiger partial charge in [0, 0.05) is 29.4 Å². The zero-order chi connectivity index (χ0) is 19.6. The Kier molecular flexibility index (Phi) is 5.27. The second-order valence-corrected chi connectivity index (χ2v) is 6.50. The van der Waals surface area contributed by atoms with Gasteiger partial charge in [-0.1, -0.05) is 17.7 Å². The molecule has 2 N–H and O–H groups in total. The van der Waals surface area contributed by atoms with Gasteiger partial charge in [0.2, 0.25) is 5.91 Å². The molecule has 9 heteroatoms. The molecule has 1 aliphatic heterocycles. The number of carbonyl (C=O) groups excluding carboxylic acids is 2. The summed E-state index contributed by atoms with van der Waals surface area (Å²) in [5.41, 5.74) is -0.182. The van der Waals surface area contributed by atoms with Crippen molar-refractivity contribution in [2.45, 2.75) is 18.6 Å². The van der Waals surface area contributed by atoms with E-state index < -0.39 is 23.8 Å². The van der Waals surface area contributed by atoms with E-state index in [1.165, 1.54) is 17.0 Å². The maximum absolute atomic E-state index is 12.7. The van der Waals surface area contributed by atoms with Gasteiger partial charge in [0.05, 0.1) is 11.6 Å². The van der Waals surface area contributed by atoms with Crippen LogP contribution in [0.4, 0.5) is 29.3 Å². The van der Waals surface area contributed by atoms with Crippen LogP contribution in [0.1, 0.15) is 12.0 Å². The maximum atomic E-state index is 12.7. The summed E-state index contributed by atoms with van der Waals surface area (Å²) in [7, 11) is 0. The van der Waals surface area contributed by atoms with Gasteiger partial charge in [-0.15, -0.1) is 0 Å². The molecule has 3 amide bonds. The highest BCUT2D eigenvalue weighted by Gasteiger charge is 2.32. The fourth-order valence-corrected chi connectivity index (χ4v) is 2.93. The number of carbonyl (C=O) groups is 2. The molecule has 0 aromatic heterocycles. The van der Waals surface area contributed by atoms with Crippen molar-refractivity contribution in [3.63, 3.8) is 0 Å². The standard InChI is InChI=1S/C18H15ClF3N3O2/c19-12-4-6-15(7-5-12)25-10-14(9-16(25)26)24-17(27)23-13-3-1-2-11(8-13)18(20,21)22/h1-8,14H,9-10H2,(H2,23,24,27)/t14-/m1/s1. The summed E-state index contributed by atoms with van der Waals surface area (Å²) in [5.74, 6) is -0.165. The van der Waals surface area contributed by atoms with E-state index >= 15 is 0 Å². The average Bonchev–Trinajstić information content (AvgIpc) is 2.95. The molecule has 2 aromatic rings. The van der Waals surface area contributed by atoms with Gasteiger partial charge in [-0.3, -0.25) is 4.79 Å². The van der Waals surface area contributed by atoms with Crippen LogP contribution in [0.3, 0.4) is 0 Å². The van der Waals surface area contributed by atoms with Crippen LogP contribution in [0.15, 0.2) is 48.5 Å². The summed E-state index contributed by atoms with van der Waals surface area (Å²) in [4.78, 5) is 25.8. The Balaban J connectivity index is 1.60. The Labute approximate surface area is 158 Å². The Morgan fingerprint density at radius 3 is 2.52 bits per heavy atom. The number of alkyl halides is 3. The number of urea groups is 1. The molecule has 5 nitrogen and oxygen atoms in total. The molecule has 27 heavy (non-hydrogen) atoms. The van der Waals surface area contributed by atoms with Crippen molar-refractivity contribution >= 4 is 34.9 Å². The normalized spacial score (nSPS) is 17.1. The van der Waals surface area contributed by atoms with Crippen molar-refractivity contribution in [3.05, 3.63) is 59.1 Å². The molecule has 3 rings (SSSR count). The highest BCUT2D eigenvalue weighted by atomic mass is 35.5. The monoisotopic (exact) mass is 397 g/mol. The van der Waals surface area contributed by atoms with Gasteiger partial charge < -0.3 is 15.5 Å². The van der Waals surface area contributed by atoms with Crippen LogP contribution in [0.5, 0.6) is 0 Å². The van der Waals surface area contributed by atoms with Gasteiger partial charge >= 0.3 is 12.2 Å². The largest absolute Gasteiger partial charge is 0.416 e. The maximum Gasteiger partial charge on any atom is 0.416 e. The molecular formula is C18H15ClF3N3O2. The molecule has 1 heterocycles. The Hall–Kier alpha value is -2.74. The van der Waals surface area contributed by atoms with Gasteiger partial charge in [0.25, 0.3) is 0 Å². The van der Waals surface area contributed by atoms with E-state index in [1.807, 2.05) is 0 Å². The number of nitrogens with one attached hydrogen (secondary N) is 2. The van der Waals surface area contributed by atoms with Crippen LogP contribution in [-0.4, -0.2) is 24.5 Å². The lowest BCUT2D eigenvalue weighted by atomic mass is 10.2. The molecule has 0 radical (unpaired) electrons. The highest BCUT2D eigenvalue weighted by Crippen LogP contribution is 2.30. The number of halogens is 4. The minimum Gasteiger partial charge on any atom is -0.333 e. The SMILES string of the molecule is O=C(Nc1cccc(C(F)(F)F)c1)N[C@@H]1CC(=O)N(c2ccc(Cl)cc2)C1. The molecule has 0 spiro atoms. The number of benzene rings is 2. The summed E-state index contributed by atoms with van der Waals surface area (Å²) < 4.78 is 38.2. The van der Waals surface area contributed by atoms with Crippen LogP contribution in [0.2, 0.25) is 5.02 Å². The minimum absolute atomic E-state index is 0.0150. The molecule has 1 fully saturated rings. The summed E-state index contributed by atoms with van der Waals surface area (Å²) in [6.07, 6.45) is -4.40. The molecule has 142 valence electrons. The predicted octanol–water partition coefficient (Wildman–Crippen LogP) is 4.29. The van der Waals surface area contributed by atoms with E-state index in [0.717, 1.165) is 12.1 Å². The molecular weight excluding hydrogens is 383 g/mol. The zero-order valence-corrected chi connectivity index (χ0v) is 14.6. The lowest BCUT2D eigenvalue weighted by Crippen LogP contribution is -2.39. The first-order chi connectivity index (χ1) is 12.7. The summed E-state index contributed by atoms with van der Waals surface area (Å²) in [6.45, 7) is 0.260. The molecule has 1 aliphatic rings. The first-order valence-electron chi connectivity index (χ1n) is 8.03. The van der Waals surface area contributed by atoms with E-state index in [1.54, 1.807) is 24.3 Å². The number of rotatable bonds is 3. The summed E-state index contributed by atoms with van der Waals surface area (Å²) in [6, 6.07) is 9.91. The molecule has 0 aliphatic carbocycles. The van der Waals surface area contributed by atoms with Gasteiger partial charge in [-0.2, -0.15) is 13.2 Å². The van der Waals surface area contributed by atoms with E-state index in [0.29, 0.717) is 10.7 Å². The van der Waals surface area contributed by atoms with Crippen LogP contribution >= 0.6 is 11.6 Å². The molecule has 0 saturated carbocycles. The number of anilines is 2. The second kappa shape index (κ2) is 7.48. The first kappa shape index (κ1) is 19.0. The van der Waals surface area contributed by atoms with E-state index in [4.69, 9.17) is 11.6 Å². The van der Waals surface area contributed by atoms with Gasteiger partial charge in [0.1, 0.15) is 0 Å². The Bertz CT molecular complexity index is 856. The minimum atomic E-state index is -4.49. The van der Waals surface area contributed by atoms with E-state index in [9.17, 15) is 22.8 Å². The van der Waals surface area contributed by atoms with Gasteiger partial charge in [-0.05, 0) is 42.5 Å². The third kappa shape index (κ3) is 4.71. The van der Waals surface area contributed by atoms with Crippen molar-refractivity contribution in [3.8, 4) is 0 Å². The molecule has 0 bridgehead atoms. The number of nitrogens with zero attached hydrogens (tertiary/aromatic N) is 1. The predicted molar refractivity (Wildman–Crippen MR) is 95.8 cm³/mol. The molecule has 1 atom stereocenters. The molecule has 0 unspecified atom stereocenters. The number of amides is 3. The molecule has 1 saturated heterocycles. The van der Waals surface area contributed by atoms with Gasteiger partial charge in [0.15, 0.2) is 0 Å².